The Bertz CT molecular complexity index is 466. The molecule has 2 rings (SSSR count). The molecule has 21 heavy (non-hydrogen) atoms. The summed E-state index contributed by atoms with van der Waals surface area (Å²) in [4.78, 5) is 15.9. The zero-order chi connectivity index (χ0) is 15.4. The molecule has 2 heterocycles. The molecule has 2 amide bonds. The number of carbonyl (C=O) groups is 1. The van der Waals surface area contributed by atoms with Crippen LogP contribution in [0.25, 0.3) is 0 Å². The van der Waals surface area contributed by atoms with Crippen LogP contribution in [0.5, 0.6) is 0 Å². The Morgan fingerprint density at radius 2 is 1.90 bits per heavy atom. The first-order chi connectivity index (χ1) is 10.0. The molecule has 1 aromatic rings. The van der Waals surface area contributed by atoms with Crippen molar-refractivity contribution in [3.63, 3.8) is 0 Å². The van der Waals surface area contributed by atoms with Gasteiger partial charge in [0, 0.05) is 38.1 Å². The lowest BCUT2D eigenvalue weighted by Gasteiger charge is -2.34. The van der Waals surface area contributed by atoms with Crippen molar-refractivity contribution in [2.45, 2.75) is 46.1 Å². The lowest BCUT2D eigenvalue weighted by Crippen LogP contribution is -2.53. The Balaban J connectivity index is 1.86. The van der Waals surface area contributed by atoms with E-state index in [2.05, 4.69) is 22.4 Å². The van der Waals surface area contributed by atoms with Crippen LogP contribution in [0.4, 0.5) is 10.8 Å². The molecule has 7 heteroatoms. The number of carbonyl (C=O) groups excluding carboxylic acids is 1. The third-order valence-electron chi connectivity index (χ3n) is 3.74. The van der Waals surface area contributed by atoms with Gasteiger partial charge in [-0.15, -0.1) is 5.10 Å². The molecule has 0 radical (unpaired) electrons. The van der Waals surface area contributed by atoms with E-state index in [0.29, 0.717) is 38.1 Å². The monoisotopic (exact) mass is 295 g/mol. The molecule has 1 aliphatic heterocycles. The first kappa shape index (κ1) is 15.6. The molecule has 118 valence electrons. The van der Waals surface area contributed by atoms with Gasteiger partial charge in [0.15, 0.2) is 0 Å². The minimum atomic E-state index is 0.0115. The summed E-state index contributed by atoms with van der Waals surface area (Å²) in [5.41, 5.74) is 0. The summed E-state index contributed by atoms with van der Waals surface area (Å²) in [5.74, 6) is 0.885. The Labute approximate surface area is 125 Å². The van der Waals surface area contributed by atoms with Gasteiger partial charge in [0.05, 0.1) is 0 Å². The number of amides is 2. The fourth-order valence-electron chi connectivity index (χ4n) is 2.09. The Kier molecular flexibility index (Phi) is 5.03. The van der Waals surface area contributed by atoms with Gasteiger partial charge in [-0.05, 0) is 13.3 Å². The number of urea groups is 1. The average molecular weight is 295 g/mol. The molecular formula is C14H25N5O2. The number of nitrogens with one attached hydrogen (secondary N) is 1. The number of aromatic nitrogens is 2. The van der Waals surface area contributed by atoms with E-state index in [-0.39, 0.29) is 18.0 Å². The highest BCUT2D eigenvalue weighted by Gasteiger charge is 2.25. The van der Waals surface area contributed by atoms with Crippen molar-refractivity contribution in [1.82, 2.24) is 20.4 Å². The number of anilines is 1. The Hall–Kier alpha value is -1.79. The maximum absolute atomic E-state index is 12.0. The second-order valence-electron chi connectivity index (χ2n) is 5.81. The summed E-state index contributed by atoms with van der Waals surface area (Å²) < 4.78 is 5.65. The highest BCUT2D eigenvalue weighted by Crippen LogP contribution is 2.19. The summed E-state index contributed by atoms with van der Waals surface area (Å²) in [6, 6.07) is 0.776. The molecule has 1 aromatic heterocycles. The van der Waals surface area contributed by atoms with Crippen LogP contribution < -0.4 is 10.2 Å². The van der Waals surface area contributed by atoms with E-state index in [4.69, 9.17) is 4.42 Å². The molecule has 1 aliphatic rings. The summed E-state index contributed by atoms with van der Waals surface area (Å²) in [7, 11) is 0. The number of nitrogens with zero attached hydrogens (tertiary/aromatic N) is 4. The maximum atomic E-state index is 12.0. The molecule has 1 unspecified atom stereocenters. The van der Waals surface area contributed by atoms with Crippen molar-refractivity contribution in [3.05, 3.63) is 5.89 Å². The van der Waals surface area contributed by atoms with E-state index >= 15 is 0 Å². The van der Waals surface area contributed by atoms with Crippen LogP contribution in [0.1, 0.15) is 45.9 Å². The molecule has 0 spiro atoms. The normalized spacial score (nSPS) is 17.2. The molecular weight excluding hydrogens is 270 g/mol. The first-order valence-corrected chi connectivity index (χ1v) is 7.65. The predicted octanol–water partition coefficient (Wildman–Crippen LogP) is 1.82. The second kappa shape index (κ2) is 6.78. The maximum Gasteiger partial charge on any atom is 0.318 e. The van der Waals surface area contributed by atoms with Gasteiger partial charge >= 0.3 is 12.0 Å². The van der Waals surface area contributed by atoms with E-state index in [1.54, 1.807) is 0 Å². The highest BCUT2D eigenvalue weighted by atomic mass is 16.4. The van der Waals surface area contributed by atoms with E-state index in [1.807, 2.05) is 30.6 Å². The van der Waals surface area contributed by atoms with Crippen LogP contribution in [0.15, 0.2) is 4.42 Å². The van der Waals surface area contributed by atoms with Gasteiger partial charge < -0.3 is 19.5 Å². The zero-order valence-corrected chi connectivity index (χ0v) is 13.3. The van der Waals surface area contributed by atoms with Crippen LogP contribution in [0.2, 0.25) is 0 Å². The van der Waals surface area contributed by atoms with Crippen molar-refractivity contribution in [1.29, 1.82) is 0 Å². The predicted molar refractivity (Wildman–Crippen MR) is 80.5 cm³/mol. The number of hydrogen-bond acceptors (Lipinski definition) is 5. The third-order valence-corrected chi connectivity index (χ3v) is 3.74. The molecule has 0 saturated carbocycles. The first-order valence-electron chi connectivity index (χ1n) is 7.65. The quantitative estimate of drug-likeness (QED) is 0.917. The van der Waals surface area contributed by atoms with Gasteiger partial charge in [0.25, 0.3) is 0 Å². The van der Waals surface area contributed by atoms with Gasteiger partial charge in [-0.25, -0.2) is 4.79 Å². The topological polar surface area (TPSA) is 74.5 Å². The summed E-state index contributed by atoms with van der Waals surface area (Å²) in [6.07, 6.45) is 0.936. The molecule has 0 bridgehead atoms. The molecule has 7 nitrogen and oxygen atoms in total. The summed E-state index contributed by atoms with van der Waals surface area (Å²) in [6.45, 7) is 10.9. The van der Waals surface area contributed by atoms with Crippen molar-refractivity contribution < 1.29 is 9.21 Å². The molecule has 0 aromatic carbocycles. The van der Waals surface area contributed by atoms with Crippen molar-refractivity contribution in [2.24, 2.45) is 0 Å². The summed E-state index contributed by atoms with van der Waals surface area (Å²) in [5, 5.41) is 11.1. The fourth-order valence-corrected chi connectivity index (χ4v) is 2.09. The number of piperazine rings is 1. The van der Waals surface area contributed by atoms with Gasteiger partial charge in [-0.2, -0.15) is 0 Å². The van der Waals surface area contributed by atoms with Gasteiger partial charge in [0.1, 0.15) is 0 Å². The van der Waals surface area contributed by atoms with Crippen molar-refractivity contribution >= 4 is 12.0 Å². The van der Waals surface area contributed by atoms with Crippen LogP contribution in [0, 0.1) is 0 Å². The largest absolute Gasteiger partial charge is 0.408 e. The molecule has 1 fully saturated rings. The van der Waals surface area contributed by atoms with Crippen LogP contribution >= 0.6 is 0 Å². The standard InChI is InChI=1S/C14H25N5O2/c1-5-11(4)15-13(20)18-6-8-19(9-7-18)14-17-16-12(21-14)10(2)3/h10-11H,5-9H2,1-4H3,(H,15,20). The van der Waals surface area contributed by atoms with Crippen LogP contribution in [0.3, 0.4) is 0 Å². The minimum absolute atomic E-state index is 0.0115. The molecule has 0 aliphatic carbocycles. The van der Waals surface area contributed by atoms with Gasteiger partial charge in [-0.1, -0.05) is 25.9 Å². The lowest BCUT2D eigenvalue weighted by molar-refractivity contribution is 0.189. The van der Waals surface area contributed by atoms with Crippen molar-refractivity contribution in [3.8, 4) is 0 Å². The van der Waals surface area contributed by atoms with Gasteiger partial charge in [0.2, 0.25) is 5.89 Å². The average Bonchev–Trinajstić information content (AvgIpc) is 2.97. The Morgan fingerprint density at radius 1 is 1.24 bits per heavy atom. The molecule has 1 N–H and O–H groups in total. The SMILES string of the molecule is CCC(C)NC(=O)N1CCN(c2nnc(C(C)C)o2)CC1. The highest BCUT2D eigenvalue weighted by molar-refractivity contribution is 5.74. The van der Waals surface area contributed by atoms with Gasteiger partial charge in [-0.3, -0.25) is 0 Å². The minimum Gasteiger partial charge on any atom is -0.408 e. The van der Waals surface area contributed by atoms with Crippen molar-refractivity contribution in [2.75, 3.05) is 31.1 Å². The van der Waals surface area contributed by atoms with E-state index in [0.717, 1.165) is 6.42 Å². The van der Waals surface area contributed by atoms with E-state index in [9.17, 15) is 4.79 Å². The zero-order valence-electron chi connectivity index (χ0n) is 13.3. The molecule has 1 saturated heterocycles. The summed E-state index contributed by atoms with van der Waals surface area (Å²) >= 11 is 0. The molecule has 1 atom stereocenters. The second-order valence-corrected chi connectivity index (χ2v) is 5.81. The number of rotatable bonds is 4. The Morgan fingerprint density at radius 3 is 2.43 bits per heavy atom. The number of hydrogen-bond donors (Lipinski definition) is 1. The lowest BCUT2D eigenvalue weighted by atomic mass is 10.2. The third kappa shape index (κ3) is 3.86. The van der Waals surface area contributed by atoms with Crippen LogP contribution in [-0.4, -0.2) is 53.3 Å². The van der Waals surface area contributed by atoms with E-state index < -0.39 is 0 Å². The van der Waals surface area contributed by atoms with Crippen LogP contribution in [-0.2, 0) is 0 Å². The fraction of sp³-hybridized carbons (Fsp3) is 0.786. The smallest absolute Gasteiger partial charge is 0.318 e. The van der Waals surface area contributed by atoms with E-state index in [1.165, 1.54) is 0 Å².